The first kappa shape index (κ1) is 22.1. The van der Waals surface area contributed by atoms with Crippen LogP contribution in [0.4, 0.5) is 10.1 Å². The van der Waals surface area contributed by atoms with Gasteiger partial charge in [0.05, 0.1) is 5.56 Å². The number of carbonyl (C=O) groups excluding carboxylic acids is 2. The number of amides is 2. The van der Waals surface area contributed by atoms with Crippen LogP contribution in [0.2, 0.25) is 0 Å². The summed E-state index contributed by atoms with van der Waals surface area (Å²) in [6.07, 6.45) is 5.42. The number of halogens is 1. The van der Waals surface area contributed by atoms with Gasteiger partial charge in [-0.15, -0.1) is 0 Å². The van der Waals surface area contributed by atoms with Gasteiger partial charge in [-0.25, -0.2) is 9.37 Å². The van der Waals surface area contributed by atoms with Gasteiger partial charge in [0.25, 0.3) is 11.8 Å². The van der Waals surface area contributed by atoms with Crippen molar-refractivity contribution in [1.82, 2.24) is 15.2 Å². The quantitative estimate of drug-likeness (QED) is 0.617. The molecule has 0 radical (unpaired) electrons. The van der Waals surface area contributed by atoms with Gasteiger partial charge in [-0.05, 0) is 43.2 Å². The number of nitrogens with zero attached hydrogens (tertiary/aromatic N) is 3. The third-order valence-corrected chi connectivity index (χ3v) is 6.63. The third-order valence-electron chi connectivity index (χ3n) is 6.63. The molecule has 1 N–H and O–H groups in total. The fourth-order valence-corrected chi connectivity index (χ4v) is 4.78. The molecule has 2 heterocycles. The topological polar surface area (TPSA) is 78.7 Å². The molecular formula is C26H27FN4O3. The van der Waals surface area contributed by atoms with E-state index in [4.69, 9.17) is 4.42 Å². The molecule has 8 heteroatoms. The Balaban J connectivity index is 1.32. The maximum Gasteiger partial charge on any atom is 0.274 e. The van der Waals surface area contributed by atoms with Gasteiger partial charge in [-0.3, -0.25) is 9.59 Å². The van der Waals surface area contributed by atoms with Crippen LogP contribution in [0.15, 0.2) is 59.3 Å². The number of benzene rings is 2. The highest BCUT2D eigenvalue weighted by Crippen LogP contribution is 2.29. The zero-order valence-corrected chi connectivity index (χ0v) is 18.9. The molecule has 2 aliphatic rings. The monoisotopic (exact) mass is 462 g/mol. The zero-order valence-electron chi connectivity index (χ0n) is 18.9. The summed E-state index contributed by atoms with van der Waals surface area (Å²) >= 11 is 0. The molecule has 0 unspecified atom stereocenters. The predicted octanol–water partition coefficient (Wildman–Crippen LogP) is 4.12. The first-order chi connectivity index (χ1) is 16.6. The Kier molecular flexibility index (Phi) is 6.29. The SMILES string of the molecule is O=C(NC1CCCC1)c1ncoc1-c1ccccc1C(=O)N1CCN(c2ccc(F)cc2)CC1. The molecule has 2 fully saturated rings. The summed E-state index contributed by atoms with van der Waals surface area (Å²) in [6.45, 7) is 2.37. The van der Waals surface area contributed by atoms with E-state index in [1.807, 2.05) is 6.07 Å². The summed E-state index contributed by atoms with van der Waals surface area (Å²) in [5.41, 5.74) is 2.17. The lowest BCUT2D eigenvalue weighted by atomic mass is 10.0. The molecule has 34 heavy (non-hydrogen) atoms. The predicted molar refractivity (Wildman–Crippen MR) is 126 cm³/mol. The molecule has 1 saturated carbocycles. The Bertz CT molecular complexity index is 1160. The van der Waals surface area contributed by atoms with E-state index in [1.54, 1.807) is 35.2 Å². The van der Waals surface area contributed by atoms with Crippen LogP contribution >= 0.6 is 0 Å². The van der Waals surface area contributed by atoms with E-state index in [2.05, 4.69) is 15.2 Å². The van der Waals surface area contributed by atoms with Gasteiger partial charge in [-0.2, -0.15) is 0 Å². The normalized spacial score (nSPS) is 16.6. The van der Waals surface area contributed by atoms with Crippen LogP contribution in [0.1, 0.15) is 46.5 Å². The average molecular weight is 463 g/mol. The number of oxazole rings is 1. The number of piperazine rings is 1. The van der Waals surface area contributed by atoms with Crippen LogP contribution in [0.25, 0.3) is 11.3 Å². The maximum atomic E-state index is 13.5. The largest absolute Gasteiger partial charge is 0.443 e. The lowest BCUT2D eigenvalue weighted by Crippen LogP contribution is -2.48. The number of rotatable bonds is 5. The smallest absolute Gasteiger partial charge is 0.274 e. The zero-order chi connectivity index (χ0) is 23.5. The van der Waals surface area contributed by atoms with Crippen molar-refractivity contribution < 1.29 is 18.4 Å². The van der Waals surface area contributed by atoms with E-state index in [0.29, 0.717) is 43.1 Å². The molecule has 1 saturated heterocycles. The van der Waals surface area contributed by atoms with Crippen LogP contribution < -0.4 is 10.2 Å². The van der Waals surface area contributed by atoms with Crippen LogP contribution in [0, 0.1) is 5.82 Å². The van der Waals surface area contributed by atoms with Crippen molar-refractivity contribution in [2.24, 2.45) is 0 Å². The summed E-state index contributed by atoms with van der Waals surface area (Å²) in [4.78, 5) is 34.4. The molecule has 176 valence electrons. The van der Waals surface area contributed by atoms with Crippen LogP contribution in [0.3, 0.4) is 0 Å². The van der Waals surface area contributed by atoms with E-state index < -0.39 is 0 Å². The van der Waals surface area contributed by atoms with Crippen molar-refractivity contribution in [3.63, 3.8) is 0 Å². The summed E-state index contributed by atoms with van der Waals surface area (Å²) in [5, 5.41) is 3.04. The number of nitrogens with one attached hydrogen (secondary N) is 1. The van der Waals surface area contributed by atoms with Crippen molar-refractivity contribution in [2.75, 3.05) is 31.1 Å². The Morgan fingerprint density at radius 2 is 1.68 bits per heavy atom. The summed E-state index contributed by atoms with van der Waals surface area (Å²) in [6, 6.07) is 13.7. The number of hydrogen-bond donors (Lipinski definition) is 1. The third kappa shape index (κ3) is 4.53. The van der Waals surface area contributed by atoms with Crippen molar-refractivity contribution in [2.45, 2.75) is 31.7 Å². The van der Waals surface area contributed by atoms with Gasteiger partial charge in [0, 0.05) is 43.5 Å². The van der Waals surface area contributed by atoms with Gasteiger partial charge >= 0.3 is 0 Å². The molecular weight excluding hydrogens is 435 g/mol. The van der Waals surface area contributed by atoms with Gasteiger partial charge in [0.2, 0.25) is 0 Å². The Hall–Kier alpha value is -3.68. The van der Waals surface area contributed by atoms with Crippen LogP contribution in [-0.4, -0.2) is 53.9 Å². The fourth-order valence-electron chi connectivity index (χ4n) is 4.78. The number of anilines is 1. The van der Waals surface area contributed by atoms with Gasteiger partial charge in [0.1, 0.15) is 5.82 Å². The molecule has 0 bridgehead atoms. The molecule has 2 aromatic carbocycles. The van der Waals surface area contributed by atoms with Crippen molar-refractivity contribution >= 4 is 17.5 Å². The van der Waals surface area contributed by atoms with E-state index >= 15 is 0 Å². The Morgan fingerprint density at radius 3 is 2.41 bits per heavy atom. The second-order valence-corrected chi connectivity index (χ2v) is 8.79. The molecule has 7 nitrogen and oxygen atoms in total. The number of carbonyl (C=O) groups is 2. The molecule has 3 aromatic rings. The highest BCUT2D eigenvalue weighted by atomic mass is 19.1. The maximum absolute atomic E-state index is 13.5. The van der Waals surface area contributed by atoms with Gasteiger partial charge in [0.15, 0.2) is 17.8 Å². The summed E-state index contributed by atoms with van der Waals surface area (Å²) in [7, 11) is 0. The van der Waals surface area contributed by atoms with Crippen LogP contribution in [0.5, 0.6) is 0 Å². The molecule has 1 aliphatic heterocycles. The van der Waals surface area contributed by atoms with E-state index in [0.717, 1.165) is 31.4 Å². The minimum absolute atomic E-state index is 0.118. The molecule has 1 aliphatic carbocycles. The van der Waals surface area contributed by atoms with Crippen molar-refractivity contribution in [3.05, 3.63) is 72.0 Å². The minimum atomic E-state index is -0.272. The number of aromatic nitrogens is 1. The minimum Gasteiger partial charge on any atom is -0.443 e. The first-order valence-electron chi connectivity index (χ1n) is 11.7. The molecule has 0 atom stereocenters. The lowest BCUT2D eigenvalue weighted by molar-refractivity contribution is 0.0747. The molecule has 2 amide bonds. The standard InChI is InChI=1S/C26H27FN4O3/c27-18-9-11-20(12-10-18)30-13-15-31(16-14-30)26(33)22-8-4-3-7-21(22)24-23(28-17-34-24)25(32)29-19-5-1-2-6-19/h3-4,7-12,17,19H,1-2,5-6,13-16H2,(H,29,32). The molecule has 5 rings (SSSR count). The second kappa shape index (κ2) is 9.67. The molecule has 0 spiro atoms. The second-order valence-electron chi connectivity index (χ2n) is 8.79. The average Bonchev–Trinajstić information content (AvgIpc) is 3.57. The van der Waals surface area contributed by atoms with Crippen LogP contribution in [-0.2, 0) is 0 Å². The highest BCUT2D eigenvalue weighted by molar-refractivity contribution is 6.04. The van der Waals surface area contributed by atoms with E-state index in [9.17, 15) is 14.0 Å². The van der Waals surface area contributed by atoms with Crippen molar-refractivity contribution in [3.8, 4) is 11.3 Å². The molecule has 1 aromatic heterocycles. The van der Waals surface area contributed by atoms with E-state index in [-0.39, 0.29) is 29.4 Å². The number of hydrogen-bond acceptors (Lipinski definition) is 5. The Labute approximate surface area is 197 Å². The lowest BCUT2D eigenvalue weighted by Gasteiger charge is -2.36. The summed E-state index contributed by atoms with van der Waals surface area (Å²) < 4.78 is 18.9. The van der Waals surface area contributed by atoms with Gasteiger partial charge in [-0.1, -0.05) is 31.0 Å². The fraction of sp³-hybridized carbons (Fsp3) is 0.346. The highest BCUT2D eigenvalue weighted by Gasteiger charge is 2.28. The first-order valence-corrected chi connectivity index (χ1v) is 11.7. The van der Waals surface area contributed by atoms with E-state index in [1.165, 1.54) is 18.5 Å². The van der Waals surface area contributed by atoms with Crippen molar-refractivity contribution in [1.29, 1.82) is 0 Å². The summed E-state index contributed by atoms with van der Waals surface area (Å²) in [5.74, 6) is -0.346. The van der Waals surface area contributed by atoms with Gasteiger partial charge < -0.3 is 19.5 Å². The Morgan fingerprint density at radius 1 is 0.971 bits per heavy atom.